The number of phenolic OH excluding ortho intramolecular Hbond substituents is 1. The molecular formula is C20H28O4. The molecule has 0 unspecified atom stereocenters. The van der Waals surface area contributed by atoms with Gasteiger partial charge in [0.05, 0.1) is 0 Å². The third-order valence-electron chi connectivity index (χ3n) is 5.06. The molecular weight excluding hydrogens is 304 g/mol. The van der Waals surface area contributed by atoms with Gasteiger partial charge in [-0.25, -0.2) is 0 Å². The van der Waals surface area contributed by atoms with E-state index in [1.807, 2.05) is 26.8 Å². The first-order chi connectivity index (χ1) is 11.2. The number of allylic oxidation sites excluding steroid dienone is 2. The number of aliphatic carboxylic acids is 1. The highest BCUT2D eigenvalue weighted by molar-refractivity contribution is 5.67. The number of rotatable bonds is 6. The number of ether oxygens (including phenoxy) is 1. The van der Waals surface area contributed by atoms with Crippen molar-refractivity contribution in [3.8, 4) is 11.5 Å². The molecule has 0 amide bonds. The Morgan fingerprint density at radius 3 is 2.71 bits per heavy atom. The highest BCUT2D eigenvalue weighted by atomic mass is 16.5. The van der Waals surface area contributed by atoms with Gasteiger partial charge < -0.3 is 14.9 Å². The van der Waals surface area contributed by atoms with Crippen molar-refractivity contribution in [3.63, 3.8) is 0 Å². The van der Waals surface area contributed by atoms with Crippen LogP contribution in [-0.4, -0.2) is 21.8 Å². The number of phenols is 1. The second-order valence-corrected chi connectivity index (χ2v) is 7.17. The van der Waals surface area contributed by atoms with E-state index in [0.717, 1.165) is 53.7 Å². The third kappa shape index (κ3) is 4.31. The summed E-state index contributed by atoms with van der Waals surface area (Å²) in [5, 5.41) is 18.7. The summed E-state index contributed by atoms with van der Waals surface area (Å²) < 4.78 is 6.33. The lowest BCUT2D eigenvalue weighted by atomic mass is 9.87. The fourth-order valence-corrected chi connectivity index (χ4v) is 3.17. The molecule has 1 aromatic carbocycles. The minimum atomic E-state index is -0.754. The molecule has 0 saturated heterocycles. The van der Waals surface area contributed by atoms with Crippen molar-refractivity contribution < 1.29 is 19.7 Å². The Hall–Kier alpha value is -1.97. The van der Waals surface area contributed by atoms with Crippen LogP contribution in [0, 0.1) is 13.8 Å². The largest absolute Gasteiger partial charge is 0.508 e. The topological polar surface area (TPSA) is 66.8 Å². The van der Waals surface area contributed by atoms with Crippen molar-refractivity contribution >= 4 is 5.97 Å². The molecule has 1 aliphatic rings. The van der Waals surface area contributed by atoms with Gasteiger partial charge in [-0.15, -0.1) is 0 Å². The number of aromatic hydroxyl groups is 1. The fourth-order valence-electron chi connectivity index (χ4n) is 3.17. The number of hydrogen-bond acceptors (Lipinski definition) is 3. The Kier molecular flexibility index (Phi) is 5.58. The number of benzene rings is 1. The van der Waals surface area contributed by atoms with Crippen LogP contribution < -0.4 is 4.74 Å². The maximum atomic E-state index is 10.6. The van der Waals surface area contributed by atoms with Gasteiger partial charge in [-0.05, 0) is 82.6 Å². The summed E-state index contributed by atoms with van der Waals surface area (Å²) in [4.78, 5) is 10.6. The smallest absolute Gasteiger partial charge is 0.303 e. The maximum absolute atomic E-state index is 10.6. The zero-order valence-electron chi connectivity index (χ0n) is 15.1. The van der Waals surface area contributed by atoms with Gasteiger partial charge in [-0.2, -0.15) is 0 Å². The van der Waals surface area contributed by atoms with Crippen molar-refractivity contribution in [3.05, 3.63) is 34.4 Å². The molecule has 0 bridgehead atoms. The Balaban J connectivity index is 2.02. The molecule has 0 spiro atoms. The Labute approximate surface area is 144 Å². The first-order valence-corrected chi connectivity index (χ1v) is 8.60. The van der Waals surface area contributed by atoms with Gasteiger partial charge in [0.1, 0.15) is 17.1 Å². The fraction of sp³-hybridized carbons (Fsp3) is 0.550. The summed E-state index contributed by atoms with van der Waals surface area (Å²) >= 11 is 0. The quantitative estimate of drug-likeness (QED) is 0.742. The van der Waals surface area contributed by atoms with E-state index in [4.69, 9.17) is 9.84 Å². The molecule has 1 aromatic rings. The monoisotopic (exact) mass is 332 g/mol. The highest BCUT2D eigenvalue weighted by Gasteiger charge is 2.32. The van der Waals surface area contributed by atoms with E-state index in [1.165, 1.54) is 0 Å². The van der Waals surface area contributed by atoms with Crippen LogP contribution >= 0.6 is 0 Å². The van der Waals surface area contributed by atoms with Crippen LogP contribution in [-0.2, 0) is 11.2 Å². The van der Waals surface area contributed by atoms with Crippen LogP contribution in [0.25, 0.3) is 0 Å². The lowest BCUT2D eigenvalue weighted by Crippen LogP contribution is -2.36. The van der Waals surface area contributed by atoms with Crippen molar-refractivity contribution in [1.82, 2.24) is 0 Å². The molecule has 0 saturated carbocycles. The molecule has 0 fully saturated rings. The standard InChI is InChI=1S/C20H28O4/c1-13(7-8-18(22)23)6-5-10-20(4)11-9-16-12-17(21)14(2)15(3)19(16)24-20/h6,12,21H,5,7-11H2,1-4H3,(H,22,23)/b13-6+/t20-/m1/s1. The molecule has 132 valence electrons. The highest BCUT2D eigenvalue weighted by Crippen LogP contribution is 2.41. The van der Waals surface area contributed by atoms with Crippen LogP contribution in [0.15, 0.2) is 17.7 Å². The van der Waals surface area contributed by atoms with Gasteiger partial charge in [-0.1, -0.05) is 11.6 Å². The number of carboxylic acids is 1. The SMILES string of the molecule is C/C(=C\CC[C@]1(C)CCc2cc(O)c(C)c(C)c2O1)CCC(=O)O. The van der Waals surface area contributed by atoms with Crippen molar-refractivity contribution in [2.24, 2.45) is 0 Å². The molecule has 0 radical (unpaired) electrons. The third-order valence-corrected chi connectivity index (χ3v) is 5.06. The zero-order valence-corrected chi connectivity index (χ0v) is 15.1. The van der Waals surface area contributed by atoms with Gasteiger partial charge >= 0.3 is 5.97 Å². The van der Waals surface area contributed by atoms with Gasteiger partial charge in [-0.3, -0.25) is 4.79 Å². The number of carbonyl (C=O) groups is 1. The summed E-state index contributed by atoms with van der Waals surface area (Å²) in [5.74, 6) is 0.511. The van der Waals surface area contributed by atoms with Gasteiger partial charge in [0.2, 0.25) is 0 Å². The Morgan fingerprint density at radius 1 is 1.33 bits per heavy atom. The van der Waals surface area contributed by atoms with Crippen molar-refractivity contribution in [2.45, 2.75) is 71.8 Å². The lowest BCUT2D eigenvalue weighted by molar-refractivity contribution is -0.136. The van der Waals surface area contributed by atoms with E-state index in [0.29, 0.717) is 12.2 Å². The summed E-state index contributed by atoms with van der Waals surface area (Å²) in [6.45, 7) is 8.03. The maximum Gasteiger partial charge on any atom is 0.303 e. The molecule has 2 N–H and O–H groups in total. The van der Waals surface area contributed by atoms with Gasteiger partial charge in [0, 0.05) is 6.42 Å². The second kappa shape index (κ2) is 7.29. The normalized spacial score (nSPS) is 20.4. The molecule has 0 aliphatic carbocycles. The summed E-state index contributed by atoms with van der Waals surface area (Å²) in [7, 11) is 0. The van der Waals surface area contributed by atoms with Crippen LogP contribution in [0.3, 0.4) is 0 Å². The lowest BCUT2D eigenvalue weighted by Gasteiger charge is -2.37. The minimum Gasteiger partial charge on any atom is -0.508 e. The first-order valence-electron chi connectivity index (χ1n) is 8.60. The van der Waals surface area contributed by atoms with E-state index >= 15 is 0 Å². The van der Waals surface area contributed by atoms with Crippen molar-refractivity contribution in [2.75, 3.05) is 0 Å². The molecule has 1 heterocycles. The van der Waals surface area contributed by atoms with Crippen molar-refractivity contribution in [1.29, 1.82) is 0 Å². The number of hydrogen-bond donors (Lipinski definition) is 2. The Bertz CT molecular complexity index is 660. The number of aryl methyl sites for hydroxylation is 1. The molecule has 4 heteroatoms. The van der Waals surface area contributed by atoms with E-state index < -0.39 is 5.97 Å². The van der Waals surface area contributed by atoms with Crippen LogP contribution in [0.2, 0.25) is 0 Å². The molecule has 4 nitrogen and oxygen atoms in total. The average Bonchev–Trinajstić information content (AvgIpc) is 2.52. The summed E-state index contributed by atoms with van der Waals surface area (Å²) in [5.41, 5.74) is 3.88. The molecule has 1 aliphatic heterocycles. The predicted octanol–water partition coefficient (Wildman–Crippen LogP) is 4.68. The second-order valence-electron chi connectivity index (χ2n) is 7.17. The van der Waals surface area contributed by atoms with Gasteiger partial charge in [0.15, 0.2) is 0 Å². The predicted molar refractivity (Wildman–Crippen MR) is 94.8 cm³/mol. The number of fused-ring (bicyclic) bond motifs is 1. The van der Waals surface area contributed by atoms with E-state index in [-0.39, 0.29) is 12.0 Å². The molecule has 0 aromatic heterocycles. The molecule has 24 heavy (non-hydrogen) atoms. The molecule has 2 rings (SSSR count). The summed E-state index contributed by atoms with van der Waals surface area (Å²) in [6.07, 6.45) is 6.52. The zero-order chi connectivity index (χ0) is 17.9. The number of carboxylic acid groups (broad SMARTS) is 1. The van der Waals surface area contributed by atoms with E-state index in [9.17, 15) is 9.90 Å². The first kappa shape index (κ1) is 18.4. The van der Waals surface area contributed by atoms with Crippen LogP contribution in [0.4, 0.5) is 0 Å². The van der Waals surface area contributed by atoms with Gasteiger partial charge in [0.25, 0.3) is 0 Å². The average molecular weight is 332 g/mol. The van der Waals surface area contributed by atoms with E-state index in [1.54, 1.807) is 0 Å². The minimum absolute atomic E-state index is 0.186. The molecule has 1 atom stereocenters. The Morgan fingerprint density at radius 2 is 2.04 bits per heavy atom. The van der Waals surface area contributed by atoms with Crippen LogP contribution in [0.5, 0.6) is 11.5 Å². The van der Waals surface area contributed by atoms with E-state index in [2.05, 4.69) is 13.0 Å². The van der Waals surface area contributed by atoms with Crippen LogP contribution in [0.1, 0.15) is 62.6 Å². The summed E-state index contributed by atoms with van der Waals surface area (Å²) in [6, 6.07) is 1.83.